The molecule has 0 saturated carbocycles. The highest BCUT2D eigenvalue weighted by Gasteiger charge is 2.18. The van der Waals surface area contributed by atoms with Gasteiger partial charge in [0.15, 0.2) is 17.2 Å². The molecule has 0 amide bonds. The number of fused-ring (bicyclic) bond motifs is 1. The molecule has 2 aromatic heterocycles. The molecule has 1 fully saturated rings. The van der Waals surface area contributed by atoms with Crippen molar-refractivity contribution in [3.8, 4) is 5.75 Å². The van der Waals surface area contributed by atoms with Gasteiger partial charge in [-0.05, 0) is 12.1 Å². The third-order valence-electron chi connectivity index (χ3n) is 4.07. The van der Waals surface area contributed by atoms with Gasteiger partial charge >= 0.3 is 0 Å². The standard InChI is InChI=1S/C17H18FN5O3/c1-24-11-2-3-14-13(8-11)21-15(26-14)10-20-17-19-9-12(18)16(22-17)23-4-6-25-7-5-23/h2-3,8-9H,4-7,10H2,1H3,(H,19,20,22). The average molecular weight is 359 g/mol. The van der Waals surface area contributed by atoms with Gasteiger partial charge in [0.05, 0.1) is 33.1 Å². The topological polar surface area (TPSA) is 85.5 Å². The van der Waals surface area contributed by atoms with Crippen LogP contribution in [0.25, 0.3) is 11.1 Å². The lowest BCUT2D eigenvalue weighted by Crippen LogP contribution is -2.37. The van der Waals surface area contributed by atoms with Crippen LogP contribution in [0.15, 0.2) is 28.8 Å². The first kappa shape index (κ1) is 16.5. The van der Waals surface area contributed by atoms with Crippen LogP contribution in [-0.2, 0) is 11.3 Å². The lowest BCUT2D eigenvalue weighted by Gasteiger charge is -2.28. The van der Waals surface area contributed by atoms with E-state index in [1.807, 2.05) is 11.0 Å². The summed E-state index contributed by atoms with van der Waals surface area (Å²) < 4.78 is 30.2. The van der Waals surface area contributed by atoms with Crippen molar-refractivity contribution in [2.24, 2.45) is 0 Å². The molecule has 8 nitrogen and oxygen atoms in total. The highest BCUT2D eigenvalue weighted by molar-refractivity contribution is 5.74. The quantitative estimate of drug-likeness (QED) is 0.742. The fourth-order valence-corrected chi connectivity index (χ4v) is 2.75. The average Bonchev–Trinajstić information content (AvgIpc) is 3.10. The van der Waals surface area contributed by atoms with Crippen LogP contribution in [0.4, 0.5) is 16.2 Å². The summed E-state index contributed by atoms with van der Waals surface area (Å²) in [5.74, 6) is 1.32. The summed E-state index contributed by atoms with van der Waals surface area (Å²) in [6.45, 7) is 2.59. The maximum atomic E-state index is 14.1. The first-order valence-corrected chi connectivity index (χ1v) is 8.25. The van der Waals surface area contributed by atoms with Crippen molar-refractivity contribution in [1.29, 1.82) is 0 Å². The van der Waals surface area contributed by atoms with E-state index in [4.69, 9.17) is 13.9 Å². The van der Waals surface area contributed by atoms with Crippen LogP contribution >= 0.6 is 0 Å². The fraction of sp³-hybridized carbons (Fsp3) is 0.353. The molecule has 26 heavy (non-hydrogen) atoms. The second-order valence-corrected chi connectivity index (χ2v) is 5.76. The smallest absolute Gasteiger partial charge is 0.225 e. The maximum Gasteiger partial charge on any atom is 0.225 e. The summed E-state index contributed by atoms with van der Waals surface area (Å²) in [6.07, 6.45) is 1.16. The SMILES string of the molecule is COc1ccc2oc(CNc3ncc(F)c(N4CCOCC4)n3)nc2c1. The van der Waals surface area contributed by atoms with Crippen molar-refractivity contribution in [2.45, 2.75) is 6.54 Å². The number of anilines is 2. The summed E-state index contributed by atoms with van der Waals surface area (Å²) >= 11 is 0. The van der Waals surface area contributed by atoms with E-state index in [0.29, 0.717) is 55.0 Å². The van der Waals surface area contributed by atoms with Crippen LogP contribution in [0.1, 0.15) is 5.89 Å². The molecule has 0 unspecified atom stereocenters. The van der Waals surface area contributed by atoms with Crippen molar-refractivity contribution < 1.29 is 18.3 Å². The molecule has 1 aliphatic rings. The van der Waals surface area contributed by atoms with Crippen molar-refractivity contribution in [3.63, 3.8) is 0 Å². The Hall–Kier alpha value is -2.94. The molecule has 3 heterocycles. The number of nitrogens with one attached hydrogen (secondary N) is 1. The minimum atomic E-state index is -0.452. The van der Waals surface area contributed by atoms with Crippen molar-refractivity contribution in [3.05, 3.63) is 36.1 Å². The number of hydrogen-bond donors (Lipinski definition) is 1. The largest absolute Gasteiger partial charge is 0.497 e. The molecule has 0 radical (unpaired) electrons. The Kier molecular flexibility index (Phi) is 4.53. The molecular formula is C17H18FN5O3. The van der Waals surface area contributed by atoms with E-state index in [0.717, 1.165) is 6.20 Å². The van der Waals surface area contributed by atoms with Crippen molar-refractivity contribution >= 4 is 22.9 Å². The van der Waals surface area contributed by atoms with E-state index in [2.05, 4.69) is 20.3 Å². The van der Waals surface area contributed by atoms with E-state index in [-0.39, 0.29) is 12.4 Å². The second kappa shape index (κ2) is 7.12. The summed E-state index contributed by atoms with van der Waals surface area (Å²) in [6, 6.07) is 5.41. The zero-order valence-corrected chi connectivity index (χ0v) is 14.2. The molecule has 4 rings (SSSR count). The molecular weight excluding hydrogens is 341 g/mol. The number of ether oxygens (including phenoxy) is 2. The van der Waals surface area contributed by atoms with Gasteiger partial charge in [0.2, 0.25) is 11.8 Å². The van der Waals surface area contributed by atoms with E-state index >= 15 is 0 Å². The minimum Gasteiger partial charge on any atom is -0.497 e. The first-order valence-electron chi connectivity index (χ1n) is 8.25. The third-order valence-corrected chi connectivity index (χ3v) is 4.07. The number of benzene rings is 1. The highest BCUT2D eigenvalue weighted by atomic mass is 19.1. The van der Waals surface area contributed by atoms with Crippen molar-refractivity contribution in [2.75, 3.05) is 43.6 Å². The van der Waals surface area contributed by atoms with E-state index in [9.17, 15) is 4.39 Å². The number of oxazole rings is 1. The van der Waals surface area contributed by atoms with Gasteiger partial charge in [0, 0.05) is 19.2 Å². The van der Waals surface area contributed by atoms with Crippen LogP contribution in [0.2, 0.25) is 0 Å². The number of methoxy groups -OCH3 is 1. The lowest BCUT2D eigenvalue weighted by atomic mass is 10.3. The van der Waals surface area contributed by atoms with Crippen LogP contribution in [0, 0.1) is 5.82 Å². The maximum absolute atomic E-state index is 14.1. The van der Waals surface area contributed by atoms with E-state index < -0.39 is 5.82 Å². The molecule has 0 aliphatic carbocycles. The molecule has 1 aromatic carbocycles. The molecule has 3 aromatic rings. The molecule has 136 valence electrons. The van der Waals surface area contributed by atoms with Crippen LogP contribution in [0.5, 0.6) is 5.75 Å². The molecule has 0 spiro atoms. The monoisotopic (exact) mass is 359 g/mol. The number of halogens is 1. The van der Waals surface area contributed by atoms with Gasteiger partial charge in [-0.25, -0.2) is 14.4 Å². The Labute approximate surface area is 149 Å². The predicted molar refractivity (Wildman–Crippen MR) is 92.9 cm³/mol. The normalized spacial score (nSPS) is 14.6. The number of hydrogen-bond acceptors (Lipinski definition) is 8. The van der Waals surface area contributed by atoms with Crippen LogP contribution < -0.4 is 15.0 Å². The van der Waals surface area contributed by atoms with E-state index in [1.165, 1.54) is 0 Å². The van der Waals surface area contributed by atoms with Gasteiger partial charge in [0.25, 0.3) is 0 Å². The zero-order valence-electron chi connectivity index (χ0n) is 14.2. The zero-order chi connectivity index (χ0) is 17.9. The fourth-order valence-electron chi connectivity index (χ4n) is 2.75. The Morgan fingerprint density at radius 1 is 1.27 bits per heavy atom. The summed E-state index contributed by atoms with van der Waals surface area (Å²) in [4.78, 5) is 14.5. The van der Waals surface area contributed by atoms with Gasteiger partial charge in [-0.2, -0.15) is 4.98 Å². The second-order valence-electron chi connectivity index (χ2n) is 5.76. The summed E-state index contributed by atoms with van der Waals surface area (Å²) in [5.41, 5.74) is 1.37. The lowest BCUT2D eigenvalue weighted by molar-refractivity contribution is 0.122. The Bertz CT molecular complexity index is 911. The first-order chi connectivity index (χ1) is 12.7. The molecule has 0 atom stereocenters. The van der Waals surface area contributed by atoms with Gasteiger partial charge in [-0.15, -0.1) is 0 Å². The molecule has 1 saturated heterocycles. The van der Waals surface area contributed by atoms with Crippen molar-refractivity contribution in [1.82, 2.24) is 15.0 Å². The predicted octanol–water partition coefficient (Wildman–Crippen LogP) is 2.21. The summed E-state index contributed by atoms with van der Waals surface area (Å²) in [7, 11) is 1.60. The molecule has 1 N–H and O–H groups in total. The number of aromatic nitrogens is 3. The van der Waals surface area contributed by atoms with Gasteiger partial charge in [-0.3, -0.25) is 0 Å². The van der Waals surface area contributed by atoms with Gasteiger partial charge in [0.1, 0.15) is 11.3 Å². The Balaban J connectivity index is 1.49. The number of rotatable bonds is 5. The Morgan fingerprint density at radius 3 is 2.92 bits per heavy atom. The molecule has 9 heteroatoms. The minimum absolute atomic E-state index is 0.271. The van der Waals surface area contributed by atoms with Crippen LogP contribution in [-0.4, -0.2) is 48.4 Å². The third kappa shape index (κ3) is 3.38. The van der Waals surface area contributed by atoms with E-state index in [1.54, 1.807) is 19.2 Å². The van der Waals surface area contributed by atoms with Gasteiger partial charge in [-0.1, -0.05) is 0 Å². The van der Waals surface area contributed by atoms with Gasteiger partial charge < -0.3 is 24.1 Å². The molecule has 0 bridgehead atoms. The Morgan fingerprint density at radius 2 is 2.12 bits per heavy atom. The highest BCUT2D eigenvalue weighted by Crippen LogP contribution is 2.22. The molecule has 1 aliphatic heterocycles. The van der Waals surface area contributed by atoms with Crippen LogP contribution in [0.3, 0.4) is 0 Å². The summed E-state index contributed by atoms with van der Waals surface area (Å²) in [5, 5.41) is 3.02. The number of nitrogens with zero attached hydrogens (tertiary/aromatic N) is 4. The number of morpholine rings is 1.